The van der Waals surface area contributed by atoms with Crippen molar-refractivity contribution in [3.8, 4) is 11.4 Å². The molecule has 9 heteroatoms. The SMILES string of the molecule is CC1CCCCC1NC(=O)CSc1nnc(-c2cc(Cl)ccc2Cl)n1N. The van der Waals surface area contributed by atoms with E-state index in [9.17, 15) is 4.79 Å². The number of carbonyl (C=O) groups excluding carboxylic acids is 1. The zero-order valence-corrected chi connectivity index (χ0v) is 16.7. The van der Waals surface area contributed by atoms with Gasteiger partial charge in [0.05, 0.1) is 10.8 Å². The maximum atomic E-state index is 12.2. The van der Waals surface area contributed by atoms with Gasteiger partial charge in [0.1, 0.15) is 0 Å². The minimum atomic E-state index is -0.0147. The zero-order chi connectivity index (χ0) is 18.7. The van der Waals surface area contributed by atoms with Crippen LogP contribution in [0, 0.1) is 5.92 Å². The summed E-state index contributed by atoms with van der Waals surface area (Å²) in [7, 11) is 0. The van der Waals surface area contributed by atoms with E-state index in [1.54, 1.807) is 18.2 Å². The van der Waals surface area contributed by atoms with Gasteiger partial charge < -0.3 is 11.2 Å². The molecule has 6 nitrogen and oxygen atoms in total. The predicted molar refractivity (Wildman–Crippen MR) is 106 cm³/mol. The summed E-state index contributed by atoms with van der Waals surface area (Å²) in [4.78, 5) is 12.2. The average Bonchev–Trinajstić information content (AvgIpc) is 2.98. The second-order valence-corrected chi connectivity index (χ2v) is 8.31. The molecule has 0 spiro atoms. The lowest BCUT2D eigenvalue weighted by Gasteiger charge is -2.29. The topological polar surface area (TPSA) is 85.8 Å². The molecule has 1 heterocycles. The first-order valence-corrected chi connectivity index (χ1v) is 10.3. The van der Waals surface area contributed by atoms with E-state index in [2.05, 4.69) is 22.4 Å². The van der Waals surface area contributed by atoms with Crippen molar-refractivity contribution in [2.45, 2.75) is 43.8 Å². The fourth-order valence-corrected chi connectivity index (χ4v) is 4.18. The van der Waals surface area contributed by atoms with E-state index in [1.165, 1.54) is 35.7 Å². The van der Waals surface area contributed by atoms with Crippen molar-refractivity contribution >= 4 is 40.9 Å². The highest BCUT2D eigenvalue weighted by atomic mass is 35.5. The number of rotatable bonds is 5. The summed E-state index contributed by atoms with van der Waals surface area (Å²) in [5.74, 6) is 7.23. The minimum Gasteiger partial charge on any atom is -0.352 e. The van der Waals surface area contributed by atoms with Gasteiger partial charge in [0, 0.05) is 16.6 Å². The molecule has 0 bridgehead atoms. The van der Waals surface area contributed by atoms with Gasteiger partial charge in [-0.3, -0.25) is 4.79 Å². The number of nitrogens with two attached hydrogens (primary N) is 1. The number of hydrogen-bond donors (Lipinski definition) is 2. The molecule has 0 radical (unpaired) electrons. The van der Waals surface area contributed by atoms with Gasteiger partial charge >= 0.3 is 0 Å². The van der Waals surface area contributed by atoms with Crippen LogP contribution < -0.4 is 11.2 Å². The van der Waals surface area contributed by atoms with Crippen LogP contribution in [0.1, 0.15) is 32.6 Å². The van der Waals surface area contributed by atoms with E-state index in [0.29, 0.717) is 32.5 Å². The Balaban J connectivity index is 1.63. The van der Waals surface area contributed by atoms with Crippen LogP contribution in [-0.4, -0.2) is 32.6 Å². The molecule has 1 saturated carbocycles. The highest BCUT2D eigenvalue weighted by molar-refractivity contribution is 7.99. The lowest BCUT2D eigenvalue weighted by Crippen LogP contribution is -2.41. The summed E-state index contributed by atoms with van der Waals surface area (Å²) in [6.07, 6.45) is 4.62. The lowest BCUT2D eigenvalue weighted by molar-refractivity contribution is -0.119. The highest BCUT2D eigenvalue weighted by Gasteiger charge is 2.23. The van der Waals surface area contributed by atoms with Crippen LogP contribution in [0.25, 0.3) is 11.4 Å². The molecule has 1 aliphatic rings. The number of thioether (sulfide) groups is 1. The van der Waals surface area contributed by atoms with Gasteiger partial charge in [-0.25, -0.2) is 4.68 Å². The number of amides is 1. The third-order valence-corrected chi connectivity index (χ3v) is 6.13. The Morgan fingerprint density at radius 1 is 1.35 bits per heavy atom. The van der Waals surface area contributed by atoms with Crippen LogP contribution in [0.2, 0.25) is 10.0 Å². The summed E-state index contributed by atoms with van der Waals surface area (Å²) in [5.41, 5.74) is 0.599. The Hall–Kier alpha value is -1.44. The zero-order valence-electron chi connectivity index (χ0n) is 14.4. The largest absolute Gasteiger partial charge is 0.352 e. The van der Waals surface area contributed by atoms with Gasteiger partial charge in [0.15, 0.2) is 5.82 Å². The van der Waals surface area contributed by atoms with Crippen molar-refractivity contribution in [3.63, 3.8) is 0 Å². The molecule has 1 aromatic carbocycles. The van der Waals surface area contributed by atoms with E-state index >= 15 is 0 Å². The molecular weight excluding hydrogens is 393 g/mol. The Labute approximate surface area is 166 Å². The first-order valence-electron chi connectivity index (χ1n) is 8.53. The van der Waals surface area contributed by atoms with Gasteiger partial charge in [0.2, 0.25) is 11.1 Å². The van der Waals surface area contributed by atoms with Crippen molar-refractivity contribution < 1.29 is 4.79 Å². The quantitative estimate of drug-likeness (QED) is 0.575. The monoisotopic (exact) mass is 413 g/mol. The number of nitrogens with one attached hydrogen (secondary N) is 1. The minimum absolute atomic E-state index is 0.0147. The number of carbonyl (C=O) groups is 1. The standard InChI is InChI=1S/C17H21Cl2N5OS/c1-10-4-2-3-5-14(10)21-15(25)9-26-17-23-22-16(24(17)20)12-8-11(18)6-7-13(12)19/h6-8,10,14H,2-5,9,20H2,1H3,(H,21,25). The molecule has 0 saturated heterocycles. The maximum Gasteiger partial charge on any atom is 0.230 e. The van der Waals surface area contributed by atoms with Crippen molar-refractivity contribution in [3.05, 3.63) is 28.2 Å². The van der Waals surface area contributed by atoms with Crippen LogP contribution in [0.5, 0.6) is 0 Å². The van der Waals surface area contributed by atoms with Crippen LogP contribution in [0.4, 0.5) is 0 Å². The van der Waals surface area contributed by atoms with Gasteiger partial charge in [-0.15, -0.1) is 10.2 Å². The molecule has 0 aliphatic heterocycles. The normalized spacial score (nSPS) is 20.1. The third kappa shape index (κ3) is 4.45. The van der Waals surface area contributed by atoms with Crippen LogP contribution in [0.3, 0.4) is 0 Å². The second-order valence-electron chi connectivity index (χ2n) is 6.52. The predicted octanol–water partition coefficient (Wildman–Crippen LogP) is 3.75. The average molecular weight is 414 g/mol. The Bertz CT molecular complexity index is 797. The molecule has 2 aromatic rings. The van der Waals surface area contributed by atoms with Crippen molar-refractivity contribution in [1.82, 2.24) is 20.2 Å². The molecule has 1 aliphatic carbocycles. The number of benzene rings is 1. The van der Waals surface area contributed by atoms with E-state index in [0.717, 1.165) is 6.42 Å². The van der Waals surface area contributed by atoms with Crippen molar-refractivity contribution in [2.75, 3.05) is 11.6 Å². The molecule has 3 rings (SSSR count). The van der Waals surface area contributed by atoms with Gasteiger partial charge in [-0.2, -0.15) is 0 Å². The smallest absolute Gasteiger partial charge is 0.230 e. The molecular formula is C17H21Cl2N5OS. The highest BCUT2D eigenvalue weighted by Crippen LogP contribution is 2.30. The molecule has 1 aromatic heterocycles. The fourth-order valence-electron chi connectivity index (χ4n) is 3.14. The van der Waals surface area contributed by atoms with Gasteiger partial charge in [-0.05, 0) is 37.0 Å². The molecule has 3 N–H and O–H groups in total. The first-order chi connectivity index (χ1) is 12.5. The molecule has 2 unspecified atom stereocenters. The van der Waals surface area contributed by atoms with Crippen LogP contribution in [-0.2, 0) is 4.79 Å². The van der Waals surface area contributed by atoms with E-state index in [-0.39, 0.29) is 17.7 Å². The van der Waals surface area contributed by atoms with Crippen molar-refractivity contribution in [2.24, 2.45) is 5.92 Å². The molecule has 2 atom stereocenters. The Morgan fingerprint density at radius 3 is 2.88 bits per heavy atom. The number of aromatic nitrogens is 3. The summed E-state index contributed by atoms with van der Waals surface area (Å²) in [6.45, 7) is 2.19. The van der Waals surface area contributed by atoms with Crippen LogP contribution >= 0.6 is 35.0 Å². The van der Waals surface area contributed by atoms with Crippen LogP contribution in [0.15, 0.2) is 23.4 Å². The van der Waals surface area contributed by atoms with E-state index < -0.39 is 0 Å². The second kappa shape index (κ2) is 8.50. The Morgan fingerprint density at radius 2 is 2.12 bits per heavy atom. The first kappa shape index (κ1) is 19.3. The van der Waals surface area contributed by atoms with E-state index in [4.69, 9.17) is 29.0 Å². The third-order valence-electron chi connectivity index (χ3n) is 4.62. The molecule has 1 fully saturated rings. The molecule has 26 heavy (non-hydrogen) atoms. The fraction of sp³-hybridized carbons (Fsp3) is 0.471. The molecule has 1 amide bonds. The maximum absolute atomic E-state index is 12.2. The van der Waals surface area contributed by atoms with Gasteiger partial charge in [-0.1, -0.05) is 54.7 Å². The number of hydrogen-bond acceptors (Lipinski definition) is 5. The number of nitrogens with zero attached hydrogens (tertiary/aromatic N) is 3. The lowest BCUT2D eigenvalue weighted by atomic mass is 9.86. The van der Waals surface area contributed by atoms with E-state index in [1.807, 2.05) is 0 Å². The van der Waals surface area contributed by atoms with Gasteiger partial charge in [0.25, 0.3) is 0 Å². The number of nitrogen functional groups attached to an aromatic ring is 1. The molecule has 140 valence electrons. The summed E-state index contributed by atoms with van der Waals surface area (Å²) in [6, 6.07) is 5.31. The Kier molecular flexibility index (Phi) is 6.32. The summed E-state index contributed by atoms with van der Waals surface area (Å²) < 4.78 is 1.33. The summed E-state index contributed by atoms with van der Waals surface area (Å²) >= 11 is 13.5. The van der Waals surface area contributed by atoms with Crippen molar-refractivity contribution in [1.29, 1.82) is 0 Å². The number of halogens is 2. The summed E-state index contributed by atoms with van der Waals surface area (Å²) in [5, 5.41) is 12.7.